The van der Waals surface area contributed by atoms with E-state index in [2.05, 4.69) is 20.6 Å². The van der Waals surface area contributed by atoms with Gasteiger partial charge in [-0.25, -0.2) is 9.37 Å². The molecule has 0 unspecified atom stereocenters. The molecule has 2 aromatic rings. The third kappa shape index (κ3) is 4.16. The van der Waals surface area contributed by atoms with Crippen LogP contribution in [0.5, 0.6) is 0 Å². The smallest absolute Gasteiger partial charge is 0.229 e. The van der Waals surface area contributed by atoms with Crippen molar-refractivity contribution in [1.29, 1.82) is 5.41 Å². The van der Waals surface area contributed by atoms with Crippen LogP contribution >= 0.6 is 11.6 Å². The number of hydrogen-bond donors (Lipinski definition) is 4. The number of nitrogens with one attached hydrogen (secondary N) is 3. The number of hydrogen-bond acceptors (Lipinski definition) is 6. The first-order valence-corrected chi connectivity index (χ1v) is 6.70. The first-order valence-electron chi connectivity index (χ1n) is 6.32. The van der Waals surface area contributed by atoms with Gasteiger partial charge in [-0.15, -0.1) is 0 Å². The average molecular weight is 321 g/mol. The van der Waals surface area contributed by atoms with E-state index in [1.807, 2.05) is 0 Å². The molecule has 0 fully saturated rings. The molecular weight excluding hydrogens is 307 g/mol. The van der Waals surface area contributed by atoms with E-state index in [4.69, 9.17) is 22.7 Å². The van der Waals surface area contributed by atoms with Crippen LogP contribution in [0, 0.1) is 11.2 Å². The summed E-state index contributed by atoms with van der Waals surface area (Å²) in [6, 6.07) is 6.21. The summed E-state index contributed by atoms with van der Waals surface area (Å²) in [5.41, 5.74) is 6.44. The second-order valence-electron chi connectivity index (χ2n) is 4.26. The number of nitrogens with two attached hydrogens (primary N) is 1. The molecule has 6 nitrogen and oxygen atoms in total. The van der Waals surface area contributed by atoms with Crippen LogP contribution in [0.15, 0.2) is 42.4 Å². The van der Waals surface area contributed by atoms with Crippen molar-refractivity contribution in [3.05, 3.63) is 58.8 Å². The van der Waals surface area contributed by atoms with E-state index >= 15 is 0 Å². The van der Waals surface area contributed by atoms with Crippen LogP contribution in [0.4, 0.5) is 16.2 Å². The van der Waals surface area contributed by atoms with Crippen molar-refractivity contribution in [2.75, 3.05) is 10.6 Å². The van der Waals surface area contributed by atoms with Crippen molar-refractivity contribution in [2.45, 2.75) is 6.54 Å². The van der Waals surface area contributed by atoms with Gasteiger partial charge < -0.3 is 21.8 Å². The molecule has 0 aliphatic heterocycles. The van der Waals surface area contributed by atoms with E-state index in [1.54, 1.807) is 12.1 Å². The maximum Gasteiger partial charge on any atom is 0.229 e. The Hall–Kier alpha value is -2.67. The van der Waals surface area contributed by atoms with E-state index in [1.165, 1.54) is 24.5 Å². The lowest BCUT2D eigenvalue weighted by atomic mass is 10.2. The number of halogens is 2. The maximum atomic E-state index is 13.1. The number of aromatic nitrogens is 2. The molecule has 0 amide bonds. The number of benzene rings is 1. The van der Waals surface area contributed by atoms with Crippen molar-refractivity contribution in [3.8, 4) is 0 Å². The first kappa shape index (κ1) is 15.7. The zero-order valence-electron chi connectivity index (χ0n) is 11.5. The fraction of sp³-hybridized carbons (Fsp3) is 0.0714. The lowest BCUT2D eigenvalue weighted by molar-refractivity contribution is 0.626. The molecule has 22 heavy (non-hydrogen) atoms. The largest absolute Gasteiger partial charge is 0.403 e. The minimum Gasteiger partial charge on any atom is -0.403 e. The van der Waals surface area contributed by atoms with Gasteiger partial charge in [0.05, 0.1) is 11.9 Å². The van der Waals surface area contributed by atoms with Crippen molar-refractivity contribution >= 4 is 29.6 Å². The summed E-state index contributed by atoms with van der Waals surface area (Å²) in [5, 5.41) is 13.3. The Morgan fingerprint density at radius 1 is 1.45 bits per heavy atom. The number of nitrogens with zero attached hydrogens (tertiary/aromatic N) is 2. The van der Waals surface area contributed by atoms with Gasteiger partial charge in [-0.2, -0.15) is 4.98 Å². The molecule has 1 heterocycles. The second-order valence-corrected chi connectivity index (χ2v) is 4.67. The topological polar surface area (TPSA) is 99.7 Å². The van der Waals surface area contributed by atoms with Gasteiger partial charge in [0.1, 0.15) is 10.8 Å². The van der Waals surface area contributed by atoms with E-state index in [9.17, 15) is 4.39 Å². The van der Waals surface area contributed by atoms with Gasteiger partial charge in [-0.1, -0.05) is 23.7 Å². The van der Waals surface area contributed by atoms with E-state index < -0.39 is 0 Å². The summed E-state index contributed by atoms with van der Waals surface area (Å²) in [7, 11) is 0. The second kappa shape index (κ2) is 7.37. The highest BCUT2D eigenvalue weighted by Gasteiger charge is 2.06. The van der Waals surface area contributed by atoms with E-state index in [-0.39, 0.29) is 11.8 Å². The molecule has 1 aromatic carbocycles. The van der Waals surface area contributed by atoms with Crippen LogP contribution in [0.3, 0.4) is 0 Å². The third-order valence-corrected chi connectivity index (χ3v) is 2.96. The van der Waals surface area contributed by atoms with Crippen molar-refractivity contribution in [2.24, 2.45) is 5.73 Å². The summed E-state index contributed by atoms with van der Waals surface area (Å²) in [5.74, 6) is 0.329. The summed E-state index contributed by atoms with van der Waals surface area (Å²) in [6.07, 6.45) is 3.69. The third-order valence-electron chi connectivity index (χ3n) is 2.68. The molecule has 114 valence electrons. The molecule has 0 spiro atoms. The van der Waals surface area contributed by atoms with Crippen LogP contribution in [0.25, 0.3) is 0 Å². The van der Waals surface area contributed by atoms with Crippen LogP contribution in [0.2, 0.25) is 5.02 Å². The summed E-state index contributed by atoms with van der Waals surface area (Å²) < 4.78 is 13.1. The van der Waals surface area contributed by atoms with Gasteiger partial charge in [-0.3, -0.25) is 0 Å². The van der Waals surface area contributed by atoms with Gasteiger partial charge in [0, 0.05) is 19.0 Å². The zero-order valence-corrected chi connectivity index (χ0v) is 12.2. The highest BCUT2D eigenvalue weighted by molar-refractivity contribution is 6.32. The van der Waals surface area contributed by atoms with Crippen LogP contribution in [0.1, 0.15) is 5.56 Å². The number of allylic oxidation sites excluding steroid dienone is 1. The summed E-state index contributed by atoms with van der Waals surface area (Å²) in [4.78, 5) is 8.18. The number of rotatable bonds is 6. The molecular formula is C14H14ClFN6. The first-order chi connectivity index (χ1) is 10.6. The van der Waals surface area contributed by atoms with E-state index in [0.29, 0.717) is 23.1 Å². The normalized spacial score (nSPS) is 11.1. The lowest BCUT2D eigenvalue weighted by Crippen LogP contribution is -2.09. The van der Waals surface area contributed by atoms with Crippen molar-refractivity contribution < 1.29 is 4.39 Å². The minimum absolute atomic E-state index is 0.242. The quantitative estimate of drug-likeness (QED) is 0.613. The Balaban J connectivity index is 2.11. The molecule has 0 bridgehead atoms. The zero-order chi connectivity index (χ0) is 15.9. The SMILES string of the molecule is N=C/C(=C\N)Nc1ncc(Cl)c(NCc2cccc(F)c2)n1. The molecule has 0 saturated heterocycles. The average Bonchev–Trinajstić information content (AvgIpc) is 2.53. The number of anilines is 2. The van der Waals surface area contributed by atoms with Crippen molar-refractivity contribution in [1.82, 2.24) is 9.97 Å². The Bertz CT molecular complexity index is 703. The Morgan fingerprint density at radius 2 is 2.27 bits per heavy atom. The molecule has 0 radical (unpaired) electrons. The molecule has 2 rings (SSSR count). The van der Waals surface area contributed by atoms with Gasteiger partial charge >= 0.3 is 0 Å². The van der Waals surface area contributed by atoms with Gasteiger partial charge in [-0.05, 0) is 17.7 Å². The predicted octanol–water partition coefficient (Wildman–Crippen LogP) is 2.74. The van der Waals surface area contributed by atoms with Crippen molar-refractivity contribution in [3.63, 3.8) is 0 Å². The lowest BCUT2D eigenvalue weighted by Gasteiger charge is -2.10. The van der Waals surface area contributed by atoms with Crippen LogP contribution < -0.4 is 16.4 Å². The highest BCUT2D eigenvalue weighted by Crippen LogP contribution is 2.20. The standard InChI is InChI=1S/C14H14ClFN6/c15-12-8-20-14(21-11(5-17)6-18)22-13(12)19-7-9-2-1-3-10(16)4-9/h1-6,8,17H,7,18H2,(H2,19,20,21,22)/b11-6+,17-5?. The highest BCUT2D eigenvalue weighted by atomic mass is 35.5. The Labute approximate surface area is 131 Å². The molecule has 8 heteroatoms. The Kier molecular flexibility index (Phi) is 5.26. The maximum absolute atomic E-state index is 13.1. The molecule has 5 N–H and O–H groups in total. The van der Waals surface area contributed by atoms with E-state index in [0.717, 1.165) is 11.8 Å². The van der Waals surface area contributed by atoms with Crippen LogP contribution in [-0.4, -0.2) is 16.2 Å². The summed E-state index contributed by atoms with van der Waals surface area (Å²) in [6.45, 7) is 0.359. The fourth-order valence-corrected chi connectivity index (χ4v) is 1.80. The minimum atomic E-state index is -0.306. The van der Waals surface area contributed by atoms with Gasteiger partial charge in [0.2, 0.25) is 5.95 Å². The monoisotopic (exact) mass is 320 g/mol. The van der Waals surface area contributed by atoms with Gasteiger partial charge in [0.25, 0.3) is 0 Å². The molecule has 0 aliphatic carbocycles. The molecule has 0 atom stereocenters. The Morgan fingerprint density at radius 3 is 2.95 bits per heavy atom. The van der Waals surface area contributed by atoms with Crippen LogP contribution in [-0.2, 0) is 6.54 Å². The van der Waals surface area contributed by atoms with Gasteiger partial charge in [0.15, 0.2) is 5.82 Å². The molecule has 0 saturated carbocycles. The predicted molar refractivity (Wildman–Crippen MR) is 85.4 cm³/mol. The molecule has 0 aliphatic rings. The molecule has 1 aromatic heterocycles. The fourth-order valence-electron chi connectivity index (χ4n) is 1.64. The summed E-state index contributed by atoms with van der Waals surface area (Å²) >= 11 is 6.02.